The minimum atomic E-state index is -0.597. The van der Waals surface area contributed by atoms with Crippen molar-refractivity contribution in [2.45, 2.75) is 32.6 Å². The van der Waals surface area contributed by atoms with Crippen molar-refractivity contribution < 1.29 is 23.9 Å². The number of esters is 1. The molecule has 3 amide bonds. The Bertz CT molecular complexity index is 808. The molecule has 1 aliphatic heterocycles. The summed E-state index contributed by atoms with van der Waals surface area (Å²) >= 11 is 0. The summed E-state index contributed by atoms with van der Waals surface area (Å²) in [7, 11) is 0. The highest BCUT2D eigenvalue weighted by molar-refractivity contribution is 6.06. The lowest BCUT2D eigenvalue weighted by molar-refractivity contribution is -0.149. The van der Waals surface area contributed by atoms with E-state index >= 15 is 0 Å². The van der Waals surface area contributed by atoms with Gasteiger partial charge in [0.05, 0.1) is 18.3 Å². The number of carbonyl (C=O) groups excluding carboxylic acids is 4. The molecule has 3 aliphatic rings. The molecule has 7 heteroatoms. The molecular weight excluding hydrogens is 360 g/mol. The number of likely N-dealkylation sites (tertiary alicyclic amines) is 1. The molecule has 4 rings (SSSR count). The maximum atomic E-state index is 12.6. The van der Waals surface area contributed by atoms with Gasteiger partial charge in [0, 0.05) is 12.2 Å². The number of amides is 3. The quantitative estimate of drug-likeness (QED) is 0.597. The molecule has 0 unspecified atom stereocenters. The molecule has 0 aromatic heterocycles. The number of rotatable bonds is 6. The standard InChI is InChI=1S/C21H24N2O5/c1-12-4-2-3-5-15(12)22-16(24)11-28-17(25)8-9-23-20(26)18-13-6-7-14(10-13)19(18)21(23)27/h2-5,13-14,18-19H,6-11H2,1H3,(H,22,24)/t13-,14-,18+,19+/m0/s1. The maximum absolute atomic E-state index is 12.6. The van der Waals surface area contributed by atoms with Crippen LogP contribution in [0.5, 0.6) is 0 Å². The molecule has 1 aromatic rings. The summed E-state index contributed by atoms with van der Waals surface area (Å²) in [6.07, 6.45) is 2.94. The zero-order chi connectivity index (χ0) is 19.8. The van der Waals surface area contributed by atoms with Gasteiger partial charge < -0.3 is 10.1 Å². The van der Waals surface area contributed by atoms with E-state index in [0.29, 0.717) is 17.5 Å². The number of benzene rings is 1. The van der Waals surface area contributed by atoms with E-state index in [0.717, 1.165) is 24.8 Å². The lowest BCUT2D eigenvalue weighted by atomic mass is 9.81. The summed E-state index contributed by atoms with van der Waals surface area (Å²) in [5.74, 6) is -0.992. The molecule has 2 saturated carbocycles. The molecule has 4 atom stereocenters. The van der Waals surface area contributed by atoms with Crippen LogP contribution in [-0.2, 0) is 23.9 Å². The second-order valence-corrected chi connectivity index (χ2v) is 7.99. The minimum absolute atomic E-state index is 0.0301. The van der Waals surface area contributed by atoms with E-state index in [1.807, 2.05) is 19.1 Å². The van der Waals surface area contributed by atoms with Crippen molar-refractivity contribution in [1.29, 1.82) is 0 Å². The molecule has 1 N–H and O–H groups in total. The molecule has 1 heterocycles. The fourth-order valence-corrected chi connectivity index (χ4v) is 5.01. The predicted molar refractivity (Wildman–Crippen MR) is 99.9 cm³/mol. The number of hydrogen-bond donors (Lipinski definition) is 1. The van der Waals surface area contributed by atoms with Crippen LogP contribution in [0.4, 0.5) is 5.69 Å². The van der Waals surface area contributed by atoms with Crippen molar-refractivity contribution in [2.24, 2.45) is 23.7 Å². The van der Waals surface area contributed by atoms with E-state index in [-0.39, 0.29) is 36.6 Å². The van der Waals surface area contributed by atoms with Crippen LogP contribution in [-0.4, -0.2) is 41.7 Å². The smallest absolute Gasteiger partial charge is 0.308 e. The Labute approximate surface area is 163 Å². The van der Waals surface area contributed by atoms with E-state index in [9.17, 15) is 19.2 Å². The Morgan fingerprint density at radius 2 is 1.75 bits per heavy atom. The Morgan fingerprint density at radius 3 is 2.39 bits per heavy atom. The van der Waals surface area contributed by atoms with Crippen LogP contribution in [0, 0.1) is 30.6 Å². The fourth-order valence-electron chi connectivity index (χ4n) is 5.01. The van der Waals surface area contributed by atoms with Crippen molar-refractivity contribution in [2.75, 3.05) is 18.5 Å². The van der Waals surface area contributed by atoms with Crippen molar-refractivity contribution >= 4 is 29.4 Å². The van der Waals surface area contributed by atoms with Gasteiger partial charge in [-0.2, -0.15) is 0 Å². The van der Waals surface area contributed by atoms with Crippen LogP contribution in [0.2, 0.25) is 0 Å². The number of nitrogens with one attached hydrogen (secondary N) is 1. The number of para-hydroxylation sites is 1. The Balaban J connectivity index is 1.24. The molecule has 28 heavy (non-hydrogen) atoms. The molecule has 0 spiro atoms. The second-order valence-electron chi connectivity index (χ2n) is 7.99. The van der Waals surface area contributed by atoms with Crippen molar-refractivity contribution in [3.63, 3.8) is 0 Å². The molecule has 1 aromatic carbocycles. The van der Waals surface area contributed by atoms with Crippen LogP contribution in [0.1, 0.15) is 31.2 Å². The molecule has 3 fully saturated rings. The number of fused-ring (bicyclic) bond motifs is 5. The monoisotopic (exact) mass is 384 g/mol. The Morgan fingerprint density at radius 1 is 1.11 bits per heavy atom. The summed E-state index contributed by atoms with van der Waals surface area (Å²) in [6, 6.07) is 7.31. The Kier molecular flexibility index (Phi) is 4.91. The predicted octanol–water partition coefficient (Wildman–Crippen LogP) is 1.90. The van der Waals surface area contributed by atoms with Crippen LogP contribution < -0.4 is 5.32 Å². The SMILES string of the molecule is Cc1ccccc1NC(=O)COC(=O)CCN1C(=O)[C@@H]2[C@H]3CC[C@@H](C3)[C@H]2C1=O. The molecule has 0 radical (unpaired) electrons. The summed E-state index contributed by atoms with van der Waals surface area (Å²) in [4.78, 5) is 50.3. The highest BCUT2D eigenvalue weighted by atomic mass is 16.5. The van der Waals surface area contributed by atoms with Gasteiger partial charge in [-0.25, -0.2) is 0 Å². The lowest BCUT2D eigenvalue weighted by Crippen LogP contribution is -2.35. The van der Waals surface area contributed by atoms with Crippen molar-refractivity contribution in [1.82, 2.24) is 4.90 Å². The zero-order valence-electron chi connectivity index (χ0n) is 15.8. The third-order valence-electron chi connectivity index (χ3n) is 6.34. The first-order valence-corrected chi connectivity index (χ1v) is 9.82. The highest BCUT2D eigenvalue weighted by Crippen LogP contribution is 2.56. The normalized spacial score (nSPS) is 27.8. The Hall–Kier alpha value is -2.70. The molecule has 2 bridgehead atoms. The average molecular weight is 384 g/mol. The van der Waals surface area contributed by atoms with Gasteiger partial charge in [-0.1, -0.05) is 18.2 Å². The number of carbonyl (C=O) groups is 4. The van der Waals surface area contributed by atoms with Gasteiger partial charge in [-0.15, -0.1) is 0 Å². The maximum Gasteiger partial charge on any atom is 0.308 e. The van der Waals surface area contributed by atoms with Gasteiger partial charge in [0.2, 0.25) is 11.8 Å². The summed E-state index contributed by atoms with van der Waals surface area (Å²) in [5.41, 5.74) is 1.57. The lowest BCUT2D eigenvalue weighted by Gasteiger charge is -2.19. The number of nitrogens with zero attached hydrogens (tertiary/aromatic N) is 1. The van der Waals surface area contributed by atoms with E-state index in [1.54, 1.807) is 12.1 Å². The van der Waals surface area contributed by atoms with Crippen LogP contribution in [0.25, 0.3) is 0 Å². The van der Waals surface area contributed by atoms with Crippen LogP contribution in [0.3, 0.4) is 0 Å². The number of imide groups is 1. The largest absolute Gasteiger partial charge is 0.456 e. The van der Waals surface area contributed by atoms with Gasteiger partial charge in [0.1, 0.15) is 0 Å². The van der Waals surface area contributed by atoms with Crippen molar-refractivity contribution in [3.8, 4) is 0 Å². The van der Waals surface area contributed by atoms with Gasteiger partial charge in [-0.3, -0.25) is 24.1 Å². The third-order valence-corrected chi connectivity index (χ3v) is 6.34. The van der Waals surface area contributed by atoms with Crippen molar-refractivity contribution in [3.05, 3.63) is 29.8 Å². The van der Waals surface area contributed by atoms with E-state index in [1.165, 1.54) is 4.90 Å². The molecular formula is C21H24N2O5. The third kappa shape index (κ3) is 3.30. The molecule has 2 aliphatic carbocycles. The summed E-state index contributed by atoms with van der Waals surface area (Å²) in [6.45, 7) is 1.50. The minimum Gasteiger partial charge on any atom is -0.456 e. The average Bonchev–Trinajstić information content (AvgIpc) is 3.35. The number of hydrogen-bond acceptors (Lipinski definition) is 5. The van der Waals surface area contributed by atoms with Gasteiger partial charge in [-0.05, 0) is 49.7 Å². The first kappa shape index (κ1) is 18.7. The molecule has 148 valence electrons. The summed E-state index contributed by atoms with van der Waals surface area (Å²) in [5, 5.41) is 2.69. The van der Waals surface area contributed by atoms with E-state index in [2.05, 4.69) is 5.32 Å². The van der Waals surface area contributed by atoms with Crippen LogP contribution >= 0.6 is 0 Å². The van der Waals surface area contributed by atoms with Gasteiger partial charge >= 0.3 is 5.97 Å². The fraction of sp³-hybridized carbons (Fsp3) is 0.524. The number of aryl methyl sites for hydroxylation is 1. The topological polar surface area (TPSA) is 92.8 Å². The summed E-state index contributed by atoms with van der Waals surface area (Å²) < 4.78 is 4.99. The second kappa shape index (κ2) is 7.37. The highest BCUT2D eigenvalue weighted by Gasteiger charge is 2.60. The zero-order valence-corrected chi connectivity index (χ0v) is 15.8. The molecule has 7 nitrogen and oxygen atoms in total. The first-order valence-electron chi connectivity index (χ1n) is 9.82. The van der Waals surface area contributed by atoms with Gasteiger partial charge in [0.15, 0.2) is 6.61 Å². The molecule has 1 saturated heterocycles. The van der Waals surface area contributed by atoms with Crippen LogP contribution in [0.15, 0.2) is 24.3 Å². The first-order chi connectivity index (χ1) is 13.5. The number of anilines is 1. The van der Waals surface area contributed by atoms with Gasteiger partial charge in [0.25, 0.3) is 5.91 Å². The van der Waals surface area contributed by atoms with E-state index < -0.39 is 18.5 Å². The van der Waals surface area contributed by atoms with E-state index in [4.69, 9.17) is 4.74 Å². The number of ether oxygens (including phenoxy) is 1.